The molecule has 3 aromatic rings. The highest BCUT2D eigenvalue weighted by Crippen LogP contribution is 2.48. The molecule has 0 saturated heterocycles. The van der Waals surface area contributed by atoms with Crippen molar-refractivity contribution in [3.8, 4) is 5.75 Å². The zero-order valence-electron chi connectivity index (χ0n) is 20.6. The summed E-state index contributed by atoms with van der Waals surface area (Å²) in [6.45, 7) is 6.56. The summed E-state index contributed by atoms with van der Waals surface area (Å²) in [6, 6.07) is 24.2. The van der Waals surface area contributed by atoms with Gasteiger partial charge in [-0.3, -0.25) is 14.5 Å². The van der Waals surface area contributed by atoms with E-state index in [0.29, 0.717) is 19.4 Å². The van der Waals surface area contributed by atoms with Crippen LogP contribution in [0.15, 0.2) is 84.1 Å². The largest absolute Gasteiger partial charge is 0.494 e. The lowest BCUT2D eigenvalue weighted by molar-refractivity contribution is -0.120. The van der Waals surface area contributed by atoms with Crippen LogP contribution in [0.3, 0.4) is 0 Å². The quantitative estimate of drug-likeness (QED) is 0.425. The summed E-state index contributed by atoms with van der Waals surface area (Å²) in [4.78, 5) is 29.5. The van der Waals surface area contributed by atoms with Gasteiger partial charge in [-0.2, -0.15) is 0 Å². The van der Waals surface area contributed by atoms with E-state index in [1.807, 2.05) is 80.3 Å². The number of Topliss-reactive ketones (excluding diaryl/α,β-unsaturated/α-hetero) is 1. The molecule has 1 aliphatic heterocycles. The molecule has 0 N–H and O–H groups in total. The van der Waals surface area contributed by atoms with Crippen molar-refractivity contribution in [2.24, 2.45) is 0 Å². The third kappa shape index (κ3) is 4.41. The molecule has 4 nitrogen and oxygen atoms in total. The van der Waals surface area contributed by atoms with Crippen LogP contribution in [0.4, 0.5) is 5.69 Å². The Kier molecular flexibility index (Phi) is 6.29. The summed E-state index contributed by atoms with van der Waals surface area (Å²) >= 11 is 0. The summed E-state index contributed by atoms with van der Waals surface area (Å²) in [7, 11) is 0. The minimum Gasteiger partial charge on any atom is -0.494 e. The first-order valence-corrected chi connectivity index (χ1v) is 12.4. The highest BCUT2D eigenvalue weighted by molar-refractivity contribution is 6.08. The molecule has 35 heavy (non-hydrogen) atoms. The summed E-state index contributed by atoms with van der Waals surface area (Å²) in [5, 5.41) is 0. The Bertz CT molecular complexity index is 1290. The zero-order chi connectivity index (χ0) is 24.5. The number of para-hydroxylation sites is 1. The van der Waals surface area contributed by atoms with Gasteiger partial charge in [0.2, 0.25) is 5.91 Å². The van der Waals surface area contributed by atoms with Gasteiger partial charge in [0.1, 0.15) is 5.75 Å². The van der Waals surface area contributed by atoms with Crippen LogP contribution in [0.5, 0.6) is 5.75 Å². The molecule has 0 saturated carbocycles. The lowest BCUT2D eigenvalue weighted by atomic mass is 9.72. The van der Waals surface area contributed by atoms with Gasteiger partial charge >= 0.3 is 0 Å². The number of anilines is 1. The van der Waals surface area contributed by atoms with Crippen molar-refractivity contribution < 1.29 is 14.3 Å². The van der Waals surface area contributed by atoms with Crippen LogP contribution in [0.1, 0.15) is 60.3 Å². The third-order valence-corrected chi connectivity index (χ3v) is 7.06. The molecule has 0 bridgehead atoms. The van der Waals surface area contributed by atoms with Gasteiger partial charge in [-0.1, -0.05) is 54.6 Å². The van der Waals surface area contributed by atoms with Gasteiger partial charge in [-0.05, 0) is 68.0 Å². The molecule has 1 heterocycles. The topological polar surface area (TPSA) is 46.6 Å². The molecule has 1 amide bonds. The highest BCUT2D eigenvalue weighted by Gasteiger charge is 2.43. The van der Waals surface area contributed by atoms with Crippen LogP contribution in [-0.2, 0) is 9.59 Å². The summed E-state index contributed by atoms with van der Waals surface area (Å²) < 4.78 is 5.92. The number of amides is 1. The van der Waals surface area contributed by atoms with E-state index in [1.54, 1.807) is 0 Å². The Morgan fingerprint density at radius 1 is 0.857 bits per heavy atom. The van der Waals surface area contributed by atoms with Crippen molar-refractivity contribution in [3.63, 3.8) is 0 Å². The molecule has 2 aliphatic rings. The number of nitrogens with zero attached hydrogens (tertiary/aromatic N) is 1. The van der Waals surface area contributed by atoms with E-state index in [1.165, 1.54) is 0 Å². The molecule has 0 fully saturated rings. The average Bonchev–Trinajstić information content (AvgIpc) is 2.84. The number of allylic oxidation sites excluding steroid dienone is 2. The van der Waals surface area contributed by atoms with E-state index >= 15 is 0 Å². The normalized spacial score (nSPS) is 20.1. The first-order chi connectivity index (χ1) is 17.0. The Hall–Kier alpha value is -3.66. The van der Waals surface area contributed by atoms with Crippen molar-refractivity contribution in [2.75, 3.05) is 11.5 Å². The monoisotopic (exact) mass is 465 g/mol. The van der Waals surface area contributed by atoms with Crippen LogP contribution < -0.4 is 9.64 Å². The molecule has 5 rings (SSSR count). The van der Waals surface area contributed by atoms with Crippen molar-refractivity contribution in [1.82, 2.24) is 0 Å². The number of carbonyl (C=O) groups is 2. The maximum absolute atomic E-state index is 13.8. The summed E-state index contributed by atoms with van der Waals surface area (Å²) in [6.07, 6.45) is 1.35. The number of rotatable bonds is 5. The van der Waals surface area contributed by atoms with Gasteiger partial charge in [-0.15, -0.1) is 0 Å². The summed E-state index contributed by atoms with van der Waals surface area (Å²) in [5.74, 6) is 0.637. The van der Waals surface area contributed by atoms with E-state index in [2.05, 4.69) is 18.2 Å². The Labute approximate surface area is 207 Å². The number of hydrogen-bond donors (Lipinski definition) is 0. The van der Waals surface area contributed by atoms with Gasteiger partial charge < -0.3 is 4.74 Å². The SMILES string of the molecule is CCOc1ccccc1C1CC(=O)N(c2cc(C)cc(C)c2)C2=C1C(=O)CC(c1ccccc1)C2. The fraction of sp³-hybridized carbons (Fsp3) is 0.290. The van der Waals surface area contributed by atoms with Crippen molar-refractivity contribution >= 4 is 17.4 Å². The number of carbonyl (C=O) groups excluding carboxylic acids is 2. The van der Waals surface area contributed by atoms with E-state index in [0.717, 1.165) is 45.0 Å². The van der Waals surface area contributed by atoms with Crippen LogP contribution in [0, 0.1) is 13.8 Å². The molecular formula is C31H31NO3. The van der Waals surface area contributed by atoms with Crippen LogP contribution in [0.2, 0.25) is 0 Å². The van der Waals surface area contributed by atoms with E-state index in [4.69, 9.17) is 4.74 Å². The number of benzene rings is 3. The molecule has 178 valence electrons. The van der Waals surface area contributed by atoms with Crippen LogP contribution in [0.25, 0.3) is 0 Å². The predicted molar refractivity (Wildman–Crippen MR) is 139 cm³/mol. The molecule has 0 spiro atoms. The summed E-state index contributed by atoms with van der Waals surface area (Å²) in [5.41, 5.74) is 6.70. The second kappa shape index (κ2) is 9.53. The van der Waals surface area contributed by atoms with E-state index in [-0.39, 0.29) is 29.9 Å². The molecule has 0 radical (unpaired) electrons. The predicted octanol–water partition coefficient (Wildman–Crippen LogP) is 6.62. The fourth-order valence-corrected chi connectivity index (χ4v) is 5.70. The van der Waals surface area contributed by atoms with Gasteiger partial charge in [-0.25, -0.2) is 0 Å². The molecule has 2 unspecified atom stereocenters. The first kappa shape index (κ1) is 23.1. The Morgan fingerprint density at radius 2 is 1.54 bits per heavy atom. The van der Waals surface area contributed by atoms with E-state index in [9.17, 15) is 9.59 Å². The van der Waals surface area contributed by atoms with Crippen molar-refractivity contribution in [1.29, 1.82) is 0 Å². The minimum atomic E-state index is -0.299. The lowest BCUT2D eigenvalue weighted by Gasteiger charge is -2.41. The number of ketones is 1. The molecule has 4 heteroatoms. The van der Waals surface area contributed by atoms with Crippen molar-refractivity contribution in [2.45, 2.75) is 51.9 Å². The van der Waals surface area contributed by atoms with Crippen molar-refractivity contribution in [3.05, 3.63) is 106 Å². The van der Waals surface area contributed by atoms with Gasteiger partial charge in [0, 0.05) is 41.3 Å². The highest BCUT2D eigenvalue weighted by atomic mass is 16.5. The molecular weight excluding hydrogens is 434 g/mol. The second-order valence-electron chi connectivity index (χ2n) is 9.60. The number of hydrogen-bond acceptors (Lipinski definition) is 3. The maximum Gasteiger partial charge on any atom is 0.232 e. The van der Waals surface area contributed by atoms with Crippen LogP contribution in [-0.4, -0.2) is 18.3 Å². The standard InChI is InChI=1S/C31H31NO3/c1-4-35-29-13-9-8-12-25(29)26-19-30(34)32(24-15-20(2)14-21(3)16-24)27-17-23(18-28(33)31(26)27)22-10-6-5-7-11-22/h5-16,23,26H,4,17-19H2,1-3H3. The zero-order valence-corrected chi connectivity index (χ0v) is 20.6. The first-order valence-electron chi connectivity index (χ1n) is 12.4. The second-order valence-corrected chi connectivity index (χ2v) is 9.60. The van der Waals surface area contributed by atoms with Gasteiger partial charge in [0.15, 0.2) is 5.78 Å². The number of aryl methyl sites for hydroxylation is 2. The fourth-order valence-electron chi connectivity index (χ4n) is 5.70. The van der Waals surface area contributed by atoms with Crippen LogP contribution >= 0.6 is 0 Å². The van der Waals surface area contributed by atoms with Gasteiger partial charge in [0.25, 0.3) is 0 Å². The minimum absolute atomic E-state index is 0.0200. The molecule has 3 aromatic carbocycles. The van der Waals surface area contributed by atoms with E-state index < -0.39 is 0 Å². The molecule has 2 atom stereocenters. The maximum atomic E-state index is 13.8. The third-order valence-electron chi connectivity index (χ3n) is 7.06. The Morgan fingerprint density at radius 3 is 2.26 bits per heavy atom. The lowest BCUT2D eigenvalue weighted by Crippen LogP contribution is -2.42. The molecule has 0 aromatic heterocycles. The average molecular weight is 466 g/mol. The Balaban J connectivity index is 1.68. The number of ether oxygens (including phenoxy) is 1. The smallest absolute Gasteiger partial charge is 0.232 e. The van der Waals surface area contributed by atoms with Gasteiger partial charge in [0.05, 0.1) is 6.61 Å². The molecule has 1 aliphatic carbocycles.